The predicted octanol–water partition coefficient (Wildman–Crippen LogP) is 6.68. The fourth-order valence-electron chi connectivity index (χ4n) is 4.59. The molecule has 0 bridgehead atoms. The monoisotopic (exact) mass is 633 g/mol. The van der Waals surface area contributed by atoms with E-state index in [2.05, 4.69) is 31.2 Å². The number of urea groups is 1. The lowest BCUT2D eigenvalue weighted by molar-refractivity contribution is -0.274. The van der Waals surface area contributed by atoms with Crippen molar-refractivity contribution < 1.29 is 27.5 Å². The van der Waals surface area contributed by atoms with E-state index in [4.69, 9.17) is 0 Å². The van der Waals surface area contributed by atoms with Gasteiger partial charge in [-0.3, -0.25) is 9.69 Å². The van der Waals surface area contributed by atoms with E-state index < -0.39 is 18.4 Å². The summed E-state index contributed by atoms with van der Waals surface area (Å²) in [6.07, 6.45) is -3.37. The minimum atomic E-state index is -4.79. The van der Waals surface area contributed by atoms with E-state index in [-0.39, 0.29) is 28.5 Å². The molecule has 1 N–H and O–H groups in total. The van der Waals surface area contributed by atoms with Crippen LogP contribution in [-0.2, 0) is 4.79 Å². The maximum absolute atomic E-state index is 12.9. The largest absolute Gasteiger partial charge is 0.573 e. The Hall–Kier alpha value is -5.16. The van der Waals surface area contributed by atoms with Crippen LogP contribution in [0.2, 0.25) is 0 Å². The highest BCUT2D eigenvalue weighted by Gasteiger charge is 2.33. The number of thioether (sulfide) groups is 1. The Bertz CT molecular complexity index is 1800. The van der Waals surface area contributed by atoms with Crippen LogP contribution in [-0.4, -0.2) is 44.0 Å². The molecule has 4 aromatic rings. The second-order valence-corrected chi connectivity index (χ2v) is 11.3. The van der Waals surface area contributed by atoms with Gasteiger partial charge in [0.1, 0.15) is 18.1 Å². The number of anilines is 1. The number of rotatable bonds is 7. The van der Waals surface area contributed by atoms with Crippen molar-refractivity contribution in [3.8, 4) is 28.9 Å². The van der Waals surface area contributed by atoms with Gasteiger partial charge in [0.05, 0.1) is 23.2 Å². The molecule has 1 unspecified atom stereocenters. The van der Waals surface area contributed by atoms with E-state index in [1.54, 1.807) is 24.3 Å². The zero-order valence-corrected chi connectivity index (χ0v) is 25.1. The number of aryl methyl sites for hydroxylation is 1. The van der Waals surface area contributed by atoms with E-state index in [9.17, 15) is 28.0 Å². The number of hydrogen-bond donors (Lipinski definition) is 1. The van der Waals surface area contributed by atoms with Crippen molar-refractivity contribution in [2.45, 2.75) is 39.1 Å². The third-order valence-electron chi connectivity index (χ3n) is 6.74. The molecule has 0 spiro atoms. The third-order valence-corrected chi connectivity index (χ3v) is 7.66. The number of aromatic nitrogens is 3. The van der Waals surface area contributed by atoms with Gasteiger partial charge in [-0.05, 0) is 59.9 Å². The number of amidine groups is 1. The number of alkyl halides is 3. The number of ether oxygens (including phenoxy) is 1. The van der Waals surface area contributed by atoms with Gasteiger partial charge in [0.25, 0.3) is 0 Å². The summed E-state index contributed by atoms with van der Waals surface area (Å²) in [5.74, 6) is 0.0721. The molecule has 45 heavy (non-hydrogen) atoms. The molecule has 0 radical (unpaired) electrons. The van der Waals surface area contributed by atoms with Crippen molar-refractivity contribution in [3.63, 3.8) is 0 Å². The Balaban J connectivity index is 1.28. The van der Waals surface area contributed by atoms with Crippen LogP contribution in [0.25, 0.3) is 17.1 Å². The highest BCUT2D eigenvalue weighted by Crippen LogP contribution is 2.34. The highest BCUT2D eigenvalue weighted by molar-refractivity contribution is 8.15. The number of benzene rings is 3. The van der Waals surface area contributed by atoms with E-state index in [1.807, 2.05) is 39.0 Å². The number of nitrogens with one attached hydrogen (secondary N) is 1. The second-order valence-electron chi connectivity index (χ2n) is 10.3. The number of carbonyl (C=O) groups excluding carboxylic acids is 2. The summed E-state index contributed by atoms with van der Waals surface area (Å²) < 4.78 is 42.6. The van der Waals surface area contributed by atoms with Crippen molar-refractivity contribution in [1.82, 2.24) is 20.1 Å². The highest BCUT2D eigenvalue weighted by atomic mass is 32.2. The minimum Gasteiger partial charge on any atom is -0.406 e. The van der Waals surface area contributed by atoms with E-state index in [1.165, 1.54) is 40.2 Å². The molecule has 3 aromatic carbocycles. The van der Waals surface area contributed by atoms with Crippen molar-refractivity contribution in [1.29, 1.82) is 5.26 Å². The van der Waals surface area contributed by atoms with Gasteiger partial charge in [0.2, 0.25) is 5.91 Å². The van der Waals surface area contributed by atoms with Gasteiger partial charge >= 0.3 is 12.4 Å². The van der Waals surface area contributed by atoms with Crippen molar-refractivity contribution >= 4 is 34.6 Å². The molecule has 1 aliphatic rings. The standard InChI is InChI=1S/C31H26F3N7O3S/c1-18(2)24-13-4-19(3)14-26(24)41-27(42)16-45-30(41)38-29(43)37-25(15-35)20-5-7-21(8-6-20)28-36-17-40(39-28)22-9-11-23(12-10-22)44-31(32,33)34/h4-14,17-18,25H,16H2,1-3H3,(H,37,43). The van der Waals surface area contributed by atoms with Crippen LogP contribution in [0, 0.1) is 18.3 Å². The fraction of sp³-hybridized carbons (Fsp3) is 0.226. The smallest absolute Gasteiger partial charge is 0.406 e. The molecule has 1 atom stereocenters. The topological polar surface area (TPSA) is 126 Å². The number of aliphatic imine (C=N–C) groups is 1. The SMILES string of the molecule is Cc1ccc(C(C)C)c(N2C(=O)CSC2=NC(=O)NC(C#N)c2ccc(-c3ncn(-c4ccc(OC(F)(F)F)cc4)n3)cc2)c1. The van der Waals surface area contributed by atoms with Crippen LogP contribution in [0.1, 0.15) is 42.5 Å². The molecule has 5 rings (SSSR count). The van der Waals surface area contributed by atoms with Gasteiger partial charge in [-0.15, -0.1) is 18.3 Å². The number of carbonyl (C=O) groups is 2. The summed E-state index contributed by atoms with van der Waals surface area (Å²) in [5.41, 5.74) is 4.16. The average Bonchev–Trinajstić information content (AvgIpc) is 3.62. The first-order valence-corrected chi connectivity index (χ1v) is 14.6. The molecule has 14 heteroatoms. The van der Waals surface area contributed by atoms with Crippen LogP contribution in [0.5, 0.6) is 5.75 Å². The maximum atomic E-state index is 12.9. The molecular weight excluding hydrogens is 607 g/mol. The number of nitriles is 1. The zero-order valence-electron chi connectivity index (χ0n) is 24.2. The Morgan fingerprint density at radius 2 is 1.82 bits per heavy atom. The Kier molecular flexibility index (Phi) is 8.92. The first-order valence-electron chi connectivity index (χ1n) is 13.6. The molecule has 0 saturated carbocycles. The first kappa shape index (κ1) is 31.3. The number of amides is 3. The molecule has 10 nitrogen and oxygen atoms in total. The Morgan fingerprint density at radius 1 is 1.11 bits per heavy atom. The van der Waals surface area contributed by atoms with Crippen molar-refractivity contribution in [2.75, 3.05) is 10.7 Å². The van der Waals surface area contributed by atoms with Gasteiger partial charge < -0.3 is 10.1 Å². The van der Waals surface area contributed by atoms with Crippen LogP contribution in [0.3, 0.4) is 0 Å². The Labute approximate surface area is 260 Å². The number of nitrogens with zero attached hydrogens (tertiary/aromatic N) is 6. The summed E-state index contributed by atoms with van der Waals surface area (Å²) in [7, 11) is 0. The summed E-state index contributed by atoms with van der Waals surface area (Å²) in [4.78, 5) is 35.6. The summed E-state index contributed by atoms with van der Waals surface area (Å²) in [6, 6.07) is 17.9. The van der Waals surface area contributed by atoms with Crippen LogP contribution < -0.4 is 15.0 Å². The molecule has 1 aliphatic heterocycles. The van der Waals surface area contributed by atoms with E-state index in [0.717, 1.165) is 22.9 Å². The van der Waals surface area contributed by atoms with Gasteiger partial charge in [0, 0.05) is 5.56 Å². The van der Waals surface area contributed by atoms with Gasteiger partial charge in [-0.1, -0.05) is 62.0 Å². The van der Waals surface area contributed by atoms with E-state index >= 15 is 0 Å². The fourth-order valence-corrected chi connectivity index (χ4v) is 5.45. The number of halogens is 3. The molecule has 230 valence electrons. The van der Waals surface area contributed by atoms with Crippen LogP contribution in [0.4, 0.5) is 23.7 Å². The summed E-state index contributed by atoms with van der Waals surface area (Å²) >= 11 is 1.16. The van der Waals surface area contributed by atoms with Gasteiger partial charge in [-0.2, -0.15) is 10.3 Å². The lowest BCUT2D eigenvalue weighted by atomic mass is 9.99. The molecule has 0 aliphatic carbocycles. The molecule has 1 fully saturated rings. The van der Waals surface area contributed by atoms with E-state index in [0.29, 0.717) is 28.3 Å². The first-order chi connectivity index (χ1) is 21.4. The zero-order chi connectivity index (χ0) is 32.3. The van der Waals surface area contributed by atoms with Crippen molar-refractivity contribution in [2.24, 2.45) is 4.99 Å². The molecule has 1 aromatic heterocycles. The lowest BCUT2D eigenvalue weighted by Gasteiger charge is -2.22. The molecule has 2 heterocycles. The maximum Gasteiger partial charge on any atom is 0.573 e. The van der Waals surface area contributed by atoms with Crippen molar-refractivity contribution in [3.05, 3.63) is 89.7 Å². The lowest BCUT2D eigenvalue weighted by Crippen LogP contribution is -2.33. The molecular formula is C31H26F3N7O3S. The average molecular weight is 634 g/mol. The summed E-state index contributed by atoms with van der Waals surface area (Å²) in [5, 5.41) is 17.0. The molecule has 1 saturated heterocycles. The predicted molar refractivity (Wildman–Crippen MR) is 163 cm³/mol. The quantitative estimate of drug-likeness (QED) is 0.241. The second kappa shape index (κ2) is 12.8. The summed E-state index contributed by atoms with van der Waals surface area (Å²) in [6.45, 7) is 5.97. The number of hydrogen-bond acceptors (Lipinski definition) is 7. The normalized spacial score (nSPS) is 14.9. The van der Waals surface area contributed by atoms with Crippen LogP contribution in [0.15, 0.2) is 78.0 Å². The Morgan fingerprint density at radius 3 is 2.47 bits per heavy atom. The van der Waals surface area contributed by atoms with Crippen LogP contribution >= 0.6 is 11.8 Å². The van der Waals surface area contributed by atoms with Gasteiger partial charge in [0.15, 0.2) is 11.0 Å². The molecule has 3 amide bonds. The third kappa shape index (κ3) is 7.32. The van der Waals surface area contributed by atoms with Gasteiger partial charge in [-0.25, -0.2) is 14.5 Å². The minimum absolute atomic E-state index is 0.136.